The summed E-state index contributed by atoms with van der Waals surface area (Å²) in [6.07, 6.45) is 0. The summed E-state index contributed by atoms with van der Waals surface area (Å²) in [4.78, 5) is 14.2. The normalized spacial score (nSPS) is 13.9. The Morgan fingerprint density at radius 2 is 1.03 bits per heavy atom. The maximum Gasteiger partial charge on any atom is 0.345 e. The van der Waals surface area contributed by atoms with E-state index in [2.05, 4.69) is 126 Å². The van der Waals surface area contributed by atoms with Gasteiger partial charge in [0, 0.05) is 11.1 Å². The van der Waals surface area contributed by atoms with Crippen molar-refractivity contribution in [1.82, 2.24) is 0 Å². The average molecular weight is 507 g/mol. The molecular formula is C34H35O2P. The van der Waals surface area contributed by atoms with Gasteiger partial charge in [-0.15, -0.1) is 0 Å². The monoisotopic (exact) mass is 506 g/mol. The van der Waals surface area contributed by atoms with Crippen molar-refractivity contribution in [1.29, 1.82) is 0 Å². The molecule has 0 bridgehead atoms. The summed E-state index contributed by atoms with van der Waals surface area (Å²) in [6, 6.07) is 36.0. The summed E-state index contributed by atoms with van der Waals surface area (Å²) >= 11 is 0. The first-order chi connectivity index (χ1) is 17.5. The van der Waals surface area contributed by atoms with Gasteiger partial charge in [0.05, 0.1) is 5.29 Å². The number of carbonyl (C=O) groups excluding carboxylic acids is 1. The number of ether oxygens (including phenoxy) is 1. The molecule has 3 heteroatoms. The van der Waals surface area contributed by atoms with Crippen molar-refractivity contribution in [3.63, 3.8) is 0 Å². The number of rotatable bonds is 3. The number of hydrogen-bond acceptors (Lipinski definition) is 2. The predicted octanol–water partition coefficient (Wildman–Crippen LogP) is 6.72. The van der Waals surface area contributed by atoms with Crippen LogP contribution in [0.1, 0.15) is 58.2 Å². The smallest absolute Gasteiger partial charge is 0.345 e. The van der Waals surface area contributed by atoms with Gasteiger partial charge in [0.25, 0.3) is 0 Å². The van der Waals surface area contributed by atoms with Crippen LogP contribution >= 0.6 is 6.89 Å². The Balaban J connectivity index is 2.07. The lowest BCUT2D eigenvalue weighted by molar-refractivity contribution is -0.125. The number of esters is 1. The Bertz CT molecular complexity index is 1400. The molecule has 0 spiro atoms. The van der Waals surface area contributed by atoms with Crippen molar-refractivity contribution < 1.29 is 9.53 Å². The lowest BCUT2D eigenvalue weighted by Gasteiger charge is -2.31. The third-order valence-corrected chi connectivity index (χ3v) is 11.5. The minimum atomic E-state index is -2.59. The highest BCUT2D eigenvalue weighted by molar-refractivity contribution is 7.96. The van der Waals surface area contributed by atoms with E-state index < -0.39 is 6.89 Å². The van der Waals surface area contributed by atoms with E-state index in [0.717, 1.165) is 32.3 Å². The molecule has 5 rings (SSSR count). The molecule has 0 radical (unpaired) electrons. The van der Waals surface area contributed by atoms with Gasteiger partial charge in [-0.2, -0.15) is 0 Å². The lowest BCUT2D eigenvalue weighted by atomic mass is 9.79. The fourth-order valence-electron chi connectivity index (χ4n) is 5.26. The van der Waals surface area contributed by atoms with Crippen LogP contribution in [0.5, 0.6) is 5.75 Å². The highest BCUT2D eigenvalue weighted by atomic mass is 31.2. The van der Waals surface area contributed by atoms with E-state index in [0.29, 0.717) is 5.75 Å². The predicted molar refractivity (Wildman–Crippen MR) is 159 cm³/mol. The van der Waals surface area contributed by atoms with Crippen LogP contribution in [0, 0.1) is 0 Å². The number of carbonyl (C=O) groups is 1. The topological polar surface area (TPSA) is 26.3 Å². The average Bonchev–Trinajstić information content (AvgIpc) is 3.21. The van der Waals surface area contributed by atoms with Crippen molar-refractivity contribution in [2.45, 2.75) is 52.4 Å². The minimum Gasteiger partial charge on any atom is -0.422 e. The molecular weight excluding hydrogens is 471 g/mol. The zero-order chi connectivity index (χ0) is 26.4. The van der Waals surface area contributed by atoms with Gasteiger partial charge in [-0.3, -0.25) is 0 Å². The Kier molecular flexibility index (Phi) is 6.29. The summed E-state index contributed by atoms with van der Waals surface area (Å²) in [6.45, 7) is 10.7. The summed E-state index contributed by atoms with van der Waals surface area (Å²) in [5.74, 6) is 0.476. The first kappa shape index (κ1) is 25.3. The lowest BCUT2D eigenvalue weighted by Crippen LogP contribution is -2.33. The van der Waals surface area contributed by atoms with E-state index >= 15 is 0 Å². The highest BCUT2D eigenvalue weighted by Crippen LogP contribution is 2.52. The van der Waals surface area contributed by atoms with Gasteiger partial charge in [-0.05, 0) is 45.3 Å². The van der Waals surface area contributed by atoms with Gasteiger partial charge in [-0.1, -0.05) is 139 Å². The van der Waals surface area contributed by atoms with Crippen molar-refractivity contribution in [3.05, 3.63) is 120 Å². The van der Waals surface area contributed by atoms with Gasteiger partial charge < -0.3 is 4.74 Å². The molecule has 1 heterocycles. The first-order valence-corrected chi connectivity index (χ1v) is 14.7. The minimum absolute atomic E-state index is 0.0842. The second-order valence-electron chi connectivity index (χ2n) is 11.8. The zero-order valence-corrected chi connectivity index (χ0v) is 23.5. The van der Waals surface area contributed by atoms with Gasteiger partial charge in [-0.25, -0.2) is 4.79 Å². The van der Waals surface area contributed by atoms with E-state index in [4.69, 9.17) is 4.74 Å². The molecule has 37 heavy (non-hydrogen) atoms. The number of benzene rings is 4. The van der Waals surface area contributed by atoms with Crippen LogP contribution in [0.4, 0.5) is 0 Å². The third-order valence-electron chi connectivity index (χ3n) is 7.17. The molecule has 2 nitrogen and oxygen atoms in total. The van der Waals surface area contributed by atoms with Crippen LogP contribution in [-0.2, 0) is 15.6 Å². The van der Waals surface area contributed by atoms with Crippen molar-refractivity contribution in [3.8, 4) is 5.75 Å². The molecule has 0 fully saturated rings. The summed E-state index contributed by atoms with van der Waals surface area (Å²) in [5, 5.41) is 4.21. The fourth-order valence-corrected chi connectivity index (χ4v) is 9.64. The number of fused-ring (bicyclic) bond motifs is 1. The molecule has 0 amide bonds. The maximum atomic E-state index is 14.2. The molecule has 0 atom stereocenters. The SMILES string of the molecule is CC(C)(C)c1cc2c(c(C(C)(C)C)c1)OC(=O)C2=P(c1ccccc1)(c1ccccc1)c1ccccc1. The largest absolute Gasteiger partial charge is 0.422 e. The van der Waals surface area contributed by atoms with Crippen LogP contribution in [0.25, 0.3) is 0 Å². The molecule has 0 saturated heterocycles. The quantitative estimate of drug-likeness (QED) is 0.175. The van der Waals surface area contributed by atoms with Crippen LogP contribution in [0.3, 0.4) is 0 Å². The van der Waals surface area contributed by atoms with Gasteiger partial charge in [0.1, 0.15) is 5.75 Å². The molecule has 0 aromatic heterocycles. The van der Waals surface area contributed by atoms with Crippen LogP contribution in [0.15, 0.2) is 103 Å². The van der Waals surface area contributed by atoms with E-state index in [1.807, 2.05) is 18.2 Å². The molecule has 0 unspecified atom stereocenters. The Morgan fingerprint density at radius 3 is 1.41 bits per heavy atom. The van der Waals surface area contributed by atoms with Gasteiger partial charge in [0.2, 0.25) is 0 Å². The van der Waals surface area contributed by atoms with E-state index in [1.165, 1.54) is 5.56 Å². The number of hydrogen-bond donors (Lipinski definition) is 0. The molecule has 0 N–H and O–H groups in total. The van der Waals surface area contributed by atoms with Crippen molar-refractivity contribution in [2.75, 3.05) is 0 Å². The van der Waals surface area contributed by atoms with Gasteiger partial charge >= 0.3 is 5.97 Å². The fraction of sp³-hybridized carbons (Fsp3) is 0.235. The van der Waals surface area contributed by atoms with Gasteiger partial charge in [0.15, 0.2) is 0 Å². The highest BCUT2D eigenvalue weighted by Gasteiger charge is 2.42. The third kappa shape index (κ3) is 4.28. The van der Waals surface area contributed by atoms with E-state index in [9.17, 15) is 4.79 Å². The van der Waals surface area contributed by atoms with Crippen LogP contribution in [0.2, 0.25) is 0 Å². The first-order valence-electron chi connectivity index (χ1n) is 12.9. The van der Waals surface area contributed by atoms with Crippen molar-refractivity contribution >= 4 is 34.1 Å². The van der Waals surface area contributed by atoms with Crippen molar-refractivity contribution in [2.24, 2.45) is 0 Å². The maximum absolute atomic E-state index is 14.2. The molecule has 0 aliphatic carbocycles. The Morgan fingerprint density at radius 1 is 0.595 bits per heavy atom. The molecule has 0 saturated carbocycles. The molecule has 1 aliphatic rings. The molecule has 4 aromatic rings. The van der Waals surface area contributed by atoms with E-state index in [-0.39, 0.29) is 16.8 Å². The zero-order valence-electron chi connectivity index (χ0n) is 22.6. The summed E-state index contributed by atoms with van der Waals surface area (Å²) in [7, 11) is 0. The standard InChI is InChI=1S/C34H35O2P/c1-33(2,3)24-22-28-30(29(23-24)34(4,5)6)36-32(35)31(28)37(25-16-10-7-11-17-25,26-18-12-8-13-19-26)27-20-14-9-15-21-27/h7-23H,1-6H3. The summed E-state index contributed by atoms with van der Waals surface area (Å²) in [5.41, 5.74) is 2.95. The van der Waals surface area contributed by atoms with Crippen LogP contribution in [-0.4, -0.2) is 11.3 Å². The van der Waals surface area contributed by atoms with E-state index in [1.54, 1.807) is 0 Å². The molecule has 188 valence electrons. The Hall–Kier alpha value is -3.35. The second-order valence-corrected chi connectivity index (χ2v) is 15.2. The molecule has 1 aliphatic heterocycles. The van der Waals surface area contributed by atoms with Crippen LogP contribution < -0.4 is 20.7 Å². The second kappa shape index (κ2) is 9.19. The Labute approximate surface area is 221 Å². The summed E-state index contributed by atoms with van der Waals surface area (Å²) < 4.78 is 6.27. The molecule has 4 aromatic carbocycles.